The van der Waals surface area contributed by atoms with Crippen LogP contribution in [-0.4, -0.2) is 38.1 Å². The first-order chi connectivity index (χ1) is 12.8. The maximum Gasteiger partial charge on any atom is 0.309 e. The Morgan fingerprint density at radius 1 is 1.04 bits per heavy atom. The molecule has 1 fully saturated rings. The molecular weight excluding hydrogens is 334 g/mol. The lowest BCUT2D eigenvalue weighted by Crippen LogP contribution is -2.49. The Morgan fingerprint density at radius 2 is 1.59 bits per heavy atom. The Labute approximate surface area is 163 Å². The predicted octanol–water partition coefficient (Wildman–Crippen LogP) is 4.42. The van der Waals surface area contributed by atoms with Gasteiger partial charge in [-0.05, 0) is 24.0 Å². The number of esters is 1. The standard InChI is InChI=1S/C24H32NO2/c1-19(18-25(2,3)4)24(22-13-9-6-10-14-22,27-23(26)21-15-16-21)17-20-11-7-5-8-12-20/h5-14,19,21H,15-18H2,1-4H3/q+1/t19-,24+/m1/s1. The average molecular weight is 367 g/mol. The minimum atomic E-state index is -0.659. The highest BCUT2D eigenvalue weighted by Gasteiger charge is 2.46. The third-order valence-electron chi connectivity index (χ3n) is 5.38. The molecule has 2 aromatic carbocycles. The smallest absolute Gasteiger partial charge is 0.309 e. The van der Waals surface area contributed by atoms with E-state index >= 15 is 0 Å². The van der Waals surface area contributed by atoms with Gasteiger partial charge in [-0.3, -0.25) is 4.79 Å². The summed E-state index contributed by atoms with van der Waals surface area (Å²) in [6.45, 7) is 3.14. The van der Waals surface area contributed by atoms with Crippen molar-refractivity contribution in [1.82, 2.24) is 0 Å². The van der Waals surface area contributed by atoms with Crippen LogP contribution in [-0.2, 0) is 21.6 Å². The SMILES string of the molecule is C[C@H](C[N+](C)(C)C)[C@](Cc1ccccc1)(OC(=O)C1CC1)c1ccccc1. The zero-order valence-electron chi connectivity index (χ0n) is 17.0. The Morgan fingerprint density at radius 3 is 2.11 bits per heavy atom. The van der Waals surface area contributed by atoms with Crippen LogP contribution in [0.4, 0.5) is 0 Å². The third-order valence-corrected chi connectivity index (χ3v) is 5.38. The van der Waals surface area contributed by atoms with Crippen LogP contribution >= 0.6 is 0 Å². The molecule has 0 N–H and O–H groups in total. The Bertz CT molecular complexity index is 747. The molecule has 0 bridgehead atoms. The number of carbonyl (C=O) groups is 1. The molecule has 0 heterocycles. The summed E-state index contributed by atoms with van der Waals surface area (Å²) in [7, 11) is 6.58. The fourth-order valence-electron chi connectivity index (χ4n) is 3.93. The van der Waals surface area contributed by atoms with Crippen LogP contribution in [0.3, 0.4) is 0 Å². The van der Waals surface area contributed by atoms with Crippen LogP contribution in [0.15, 0.2) is 60.7 Å². The molecule has 1 aliphatic rings. The van der Waals surface area contributed by atoms with E-state index in [1.165, 1.54) is 5.56 Å². The molecule has 27 heavy (non-hydrogen) atoms. The second-order valence-corrected chi connectivity index (χ2v) is 8.99. The first-order valence-electron chi connectivity index (χ1n) is 9.93. The lowest BCUT2D eigenvalue weighted by Gasteiger charge is -2.42. The van der Waals surface area contributed by atoms with Crippen molar-refractivity contribution in [3.63, 3.8) is 0 Å². The van der Waals surface area contributed by atoms with Crippen LogP contribution in [0, 0.1) is 11.8 Å². The van der Waals surface area contributed by atoms with Gasteiger partial charge in [-0.2, -0.15) is 0 Å². The Hall–Kier alpha value is -2.13. The fraction of sp³-hybridized carbons (Fsp3) is 0.458. The number of quaternary nitrogens is 1. The van der Waals surface area contributed by atoms with Gasteiger partial charge in [0.05, 0.1) is 33.6 Å². The monoisotopic (exact) mass is 366 g/mol. The first kappa shape index (κ1) is 19.6. The van der Waals surface area contributed by atoms with E-state index in [1.54, 1.807) is 0 Å². The van der Waals surface area contributed by atoms with Gasteiger partial charge in [0, 0.05) is 12.3 Å². The number of benzene rings is 2. The van der Waals surface area contributed by atoms with Crippen LogP contribution in [0.1, 0.15) is 30.9 Å². The molecule has 144 valence electrons. The number of carbonyl (C=O) groups excluding carboxylic acids is 1. The second-order valence-electron chi connectivity index (χ2n) is 8.99. The topological polar surface area (TPSA) is 26.3 Å². The van der Waals surface area contributed by atoms with Crippen LogP contribution in [0.2, 0.25) is 0 Å². The van der Waals surface area contributed by atoms with Crippen molar-refractivity contribution in [2.45, 2.75) is 31.8 Å². The second kappa shape index (κ2) is 7.85. The van der Waals surface area contributed by atoms with Crippen LogP contribution < -0.4 is 0 Å². The number of hydrogen-bond acceptors (Lipinski definition) is 2. The van der Waals surface area contributed by atoms with Gasteiger partial charge in [0.1, 0.15) is 5.60 Å². The summed E-state index contributed by atoms with van der Waals surface area (Å²) in [4.78, 5) is 12.8. The predicted molar refractivity (Wildman–Crippen MR) is 109 cm³/mol. The van der Waals surface area contributed by atoms with E-state index in [2.05, 4.69) is 64.5 Å². The Kier molecular flexibility index (Phi) is 5.71. The van der Waals surface area contributed by atoms with Gasteiger partial charge in [-0.1, -0.05) is 67.6 Å². The molecule has 0 amide bonds. The van der Waals surface area contributed by atoms with Gasteiger partial charge >= 0.3 is 5.97 Å². The molecule has 0 unspecified atom stereocenters. The molecule has 0 saturated heterocycles. The highest BCUT2D eigenvalue weighted by atomic mass is 16.6. The molecule has 3 rings (SSSR count). The molecule has 0 aliphatic heterocycles. The van der Waals surface area contributed by atoms with E-state index in [0.29, 0.717) is 6.42 Å². The lowest BCUT2D eigenvalue weighted by atomic mass is 9.77. The summed E-state index contributed by atoms with van der Waals surface area (Å²) in [5, 5.41) is 0. The van der Waals surface area contributed by atoms with E-state index in [9.17, 15) is 4.79 Å². The van der Waals surface area contributed by atoms with Crippen molar-refractivity contribution < 1.29 is 14.0 Å². The summed E-state index contributed by atoms with van der Waals surface area (Å²) < 4.78 is 7.24. The summed E-state index contributed by atoms with van der Waals surface area (Å²) in [5.41, 5.74) is 1.62. The van der Waals surface area contributed by atoms with Crippen molar-refractivity contribution in [2.24, 2.45) is 11.8 Å². The quantitative estimate of drug-likeness (QED) is 0.511. The van der Waals surface area contributed by atoms with Crippen molar-refractivity contribution >= 4 is 5.97 Å². The third kappa shape index (κ3) is 4.98. The molecule has 0 radical (unpaired) electrons. The molecule has 3 heteroatoms. The van der Waals surface area contributed by atoms with Crippen molar-refractivity contribution in [3.05, 3.63) is 71.8 Å². The van der Waals surface area contributed by atoms with E-state index in [0.717, 1.165) is 29.4 Å². The number of hydrogen-bond donors (Lipinski definition) is 0. The largest absolute Gasteiger partial charge is 0.453 e. The normalized spacial score (nSPS) is 17.8. The number of nitrogens with zero attached hydrogens (tertiary/aromatic N) is 1. The minimum absolute atomic E-state index is 0.0388. The van der Waals surface area contributed by atoms with Gasteiger partial charge in [0.2, 0.25) is 0 Å². The molecule has 1 saturated carbocycles. The van der Waals surface area contributed by atoms with Gasteiger partial charge in [0.25, 0.3) is 0 Å². The highest BCUT2D eigenvalue weighted by molar-refractivity contribution is 5.75. The lowest BCUT2D eigenvalue weighted by molar-refractivity contribution is -0.874. The molecule has 0 spiro atoms. The highest BCUT2D eigenvalue weighted by Crippen LogP contribution is 2.41. The zero-order chi connectivity index (χ0) is 19.5. The summed E-state index contributed by atoms with van der Waals surface area (Å²) in [6.07, 6.45) is 2.61. The first-order valence-corrected chi connectivity index (χ1v) is 9.93. The molecule has 3 nitrogen and oxygen atoms in total. The summed E-state index contributed by atoms with van der Waals surface area (Å²) in [6, 6.07) is 20.7. The maximum atomic E-state index is 12.8. The van der Waals surface area contributed by atoms with E-state index in [1.807, 2.05) is 24.3 Å². The fourth-order valence-corrected chi connectivity index (χ4v) is 3.93. The number of ether oxygens (including phenoxy) is 1. The molecule has 1 aliphatic carbocycles. The zero-order valence-corrected chi connectivity index (χ0v) is 17.0. The summed E-state index contributed by atoms with van der Waals surface area (Å²) >= 11 is 0. The van der Waals surface area contributed by atoms with Crippen molar-refractivity contribution in [2.75, 3.05) is 27.7 Å². The van der Waals surface area contributed by atoms with Crippen molar-refractivity contribution in [1.29, 1.82) is 0 Å². The molecule has 2 atom stereocenters. The van der Waals surface area contributed by atoms with E-state index < -0.39 is 5.60 Å². The summed E-state index contributed by atoms with van der Waals surface area (Å²) in [5.74, 6) is 0.214. The van der Waals surface area contributed by atoms with Gasteiger partial charge in [-0.25, -0.2) is 0 Å². The van der Waals surface area contributed by atoms with Gasteiger partial charge < -0.3 is 9.22 Å². The van der Waals surface area contributed by atoms with E-state index in [4.69, 9.17) is 4.74 Å². The molecular formula is C24H32NO2+. The Balaban J connectivity index is 2.05. The van der Waals surface area contributed by atoms with Gasteiger partial charge in [0.15, 0.2) is 0 Å². The van der Waals surface area contributed by atoms with Gasteiger partial charge in [-0.15, -0.1) is 0 Å². The van der Waals surface area contributed by atoms with E-state index in [-0.39, 0.29) is 17.8 Å². The van der Waals surface area contributed by atoms with Crippen LogP contribution in [0.25, 0.3) is 0 Å². The molecule has 0 aromatic heterocycles. The van der Waals surface area contributed by atoms with Crippen molar-refractivity contribution in [3.8, 4) is 0 Å². The van der Waals surface area contributed by atoms with Crippen LogP contribution in [0.5, 0.6) is 0 Å². The minimum Gasteiger partial charge on any atom is -0.453 e. The molecule has 2 aromatic rings. The number of rotatable bonds is 8. The average Bonchev–Trinajstić information content (AvgIpc) is 3.46. The maximum absolute atomic E-state index is 12.8.